The van der Waals surface area contributed by atoms with Crippen LogP contribution in [0.4, 0.5) is 4.39 Å². The topological polar surface area (TPSA) is 23.5 Å². The van der Waals surface area contributed by atoms with Crippen molar-refractivity contribution in [3.8, 4) is 0 Å². The van der Waals surface area contributed by atoms with Crippen molar-refractivity contribution in [2.24, 2.45) is 0 Å². The van der Waals surface area contributed by atoms with E-state index >= 15 is 0 Å². The minimum Gasteiger partial charge on any atom is -0.387 e. The molecule has 1 atom stereocenters. The Bertz CT molecular complexity index is 317. The molecule has 0 fully saturated rings. The zero-order chi connectivity index (χ0) is 10.7. The Balaban J connectivity index is 2.89. The molecule has 14 heavy (non-hydrogen) atoms. The van der Waals surface area contributed by atoms with Gasteiger partial charge in [-0.2, -0.15) is 0 Å². The summed E-state index contributed by atoms with van der Waals surface area (Å²) in [7, 11) is 3.66. The number of likely N-dealkylation sites (N-methyl/N-ethyl adjacent to an activating group) is 1. The third kappa shape index (κ3) is 2.77. The Kier molecular flexibility index (Phi) is 4.04. The predicted molar refractivity (Wildman–Crippen MR) is 57.6 cm³/mol. The molecule has 0 aromatic heterocycles. The molecule has 0 saturated heterocycles. The smallest absolute Gasteiger partial charge is 0.143 e. The highest BCUT2D eigenvalue weighted by Gasteiger charge is 2.14. The second-order valence-corrected chi connectivity index (χ2v) is 4.28. The van der Waals surface area contributed by atoms with Gasteiger partial charge in [0.25, 0.3) is 0 Å². The van der Waals surface area contributed by atoms with E-state index in [0.29, 0.717) is 16.6 Å². The Labute approximate surface area is 91.5 Å². The number of rotatable bonds is 3. The maximum absolute atomic E-state index is 13.5. The highest BCUT2D eigenvalue weighted by Crippen LogP contribution is 2.23. The molecule has 0 aliphatic heterocycles. The number of hydrogen-bond acceptors (Lipinski definition) is 2. The first-order valence-corrected chi connectivity index (χ1v) is 5.08. The molecule has 0 heterocycles. The molecule has 1 rings (SSSR count). The Morgan fingerprint density at radius 3 is 2.71 bits per heavy atom. The molecule has 0 radical (unpaired) electrons. The van der Waals surface area contributed by atoms with E-state index in [9.17, 15) is 9.50 Å². The second kappa shape index (κ2) is 4.87. The van der Waals surface area contributed by atoms with Crippen LogP contribution in [0.3, 0.4) is 0 Å². The molecular weight excluding hydrogens is 249 g/mol. The minimum absolute atomic E-state index is 0.327. The average molecular weight is 262 g/mol. The molecule has 1 aromatic rings. The first-order valence-electron chi connectivity index (χ1n) is 4.29. The van der Waals surface area contributed by atoms with Crippen LogP contribution in [0.15, 0.2) is 22.7 Å². The van der Waals surface area contributed by atoms with Gasteiger partial charge in [0, 0.05) is 12.1 Å². The number of halogens is 2. The number of aliphatic hydroxyl groups is 1. The van der Waals surface area contributed by atoms with E-state index in [-0.39, 0.29) is 5.82 Å². The van der Waals surface area contributed by atoms with Crippen molar-refractivity contribution < 1.29 is 9.50 Å². The van der Waals surface area contributed by atoms with Crippen molar-refractivity contribution in [1.82, 2.24) is 4.90 Å². The number of aliphatic hydroxyl groups excluding tert-OH is 1. The van der Waals surface area contributed by atoms with Gasteiger partial charge in [-0.15, -0.1) is 0 Å². The molecule has 0 spiro atoms. The molecule has 4 heteroatoms. The van der Waals surface area contributed by atoms with E-state index in [1.54, 1.807) is 18.2 Å². The fourth-order valence-electron chi connectivity index (χ4n) is 1.22. The van der Waals surface area contributed by atoms with Crippen LogP contribution < -0.4 is 0 Å². The lowest BCUT2D eigenvalue weighted by molar-refractivity contribution is 0.134. The van der Waals surface area contributed by atoms with Gasteiger partial charge in [-0.1, -0.05) is 12.1 Å². The van der Waals surface area contributed by atoms with Crippen LogP contribution in [0.1, 0.15) is 11.7 Å². The fraction of sp³-hybridized carbons (Fsp3) is 0.400. The molecule has 0 aliphatic carbocycles. The van der Waals surface area contributed by atoms with Crippen LogP contribution in [0.2, 0.25) is 0 Å². The average Bonchev–Trinajstić information content (AvgIpc) is 2.08. The van der Waals surface area contributed by atoms with Crippen LogP contribution in [0.25, 0.3) is 0 Å². The predicted octanol–water partition coefficient (Wildman–Crippen LogP) is 2.18. The summed E-state index contributed by atoms with van der Waals surface area (Å²) in [5.41, 5.74) is 0.327. The lowest BCUT2D eigenvalue weighted by atomic mass is 10.1. The Morgan fingerprint density at radius 2 is 2.14 bits per heavy atom. The summed E-state index contributed by atoms with van der Waals surface area (Å²) in [6.07, 6.45) is -0.789. The van der Waals surface area contributed by atoms with Gasteiger partial charge < -0.3 is 10.0 Å². The van der Waals surface area contributed by atoms with Gasteiger partial charge >= 0.3 is 0 Å². The molecule has 0 bridgehead atoms. The van der Waals surface area contributed by atoms with Gasteiger partial charge in [0.05, 0.1) is 10.6 Å². The molecule has 0 aliphatic rings. The summed E-state index contributed by atoms with van der Waals surface area (Å²) < 4.78 is 13.9. The quantitative estimate of drug-likeness (QED) is 0.902. The molecule has 78 valence electrons. The Morgan fingerprint density at radius 1 is 1.50 bits per heavy atom. The largest absolute Gasteiger partial charge is 0.387 e. The fourth-order valence-corrected chi connectivity index (χ4v) is 1.60. The Hall–Kier alpha value is -0.450. The zero-order valence-electron chi connectivity index (χ0n) is 8.17. The summed E-state index contributed by atoms with van der Waals surface area (Å²) >= 11 is 3.08. The molecule has 0 saturated carbocycles. The highest BCUT2D eigenvalue weighted by atomic mass is 79.9. The van der Waals surface area contributed by atoms with Crippen molar-refractivity contribution in [3.63, 3.8) is 0 Å². The van der Waals surface area contributed by atoms with Crippen LogP contribution in [0, 0.1) is 5.82 Å². The lowest BCUT2D eigenvalue weighted by Gasteiger charge is -2.17. The number of benzene rings is 1. The maximum atomic E-state index is 13.5. The summed E-state index contributed by atoms with van der Waals surface area (Å²) in [6, 6.07) is 4.91. The van der Waals surface area contributed by atoms with Gasteiger partial charge in [0.2, 0.25) is 0 Å². The monoisotopic (exact) mass is 261 g/mol. The highest BCUT2D eigenvalue weighted by molar-refractivity contribution is 9.10. The number of hydrogen-bond donors (Lipinski definition) is 1. The van der Waals surface area contributed by atoms with E-state index in [0.717, 1.165) is 0 Å². The normalized spacial score (nSPS) is 13.3. The SMILES string of the molecule is CN(C)CC(O)c1cccc(Br)c1F. The third-order valence-electron chi connectivity index (χ3n) is 1.88. The van der Waals surface area contributed by atoms with Crippen LogP contribution in [0.5, 0.6) is 0 Å². The zero-order valence-corrected chi connectivity index (χ0v) is 9.75. The molecule has 2 nitrogen and oxygen atoms in total. The molecule has 1 unspecified atom stereocenters. The van der Waals surface area contributed by atoms with Crippen molar-refractivity contribution in [3.05, 3.63) is 34.1 Å². The van der Waals surface area contributed by atoms with Gasteiger partial charge in [0.15, 0.2) is 0 Å². The number of nitrogens with zero attached hydrogens (tertiary/aromatic N) is 1. The van der Waals surface area contributed by atoms with E-state index in [1.807, 2.05) is 19.0 Å². The molecular formula is C10H13BrFNO. The van der Waals surface area contributed by atoms with E-state index in [4.69, 9.17) is 0 Å². The van der Waals surface area contributed by atoms with E-state index in [2.05, 4.69) is 15.9 Å². The second-order valence-electron chi connectivity index (χ2n) is 3.42. The van der Waals surface area contributed by atoms with Crippen molar-refractivity contribution in [1.29, 1.82) is 0 Å². The first-order chi connectivity index (χ1) is 6.52. The summed E-state index contributed by atoms with van der Waals surface area (Å²) in [5, 5.41) is 9.69. The van der Waals surface area contributed by atoms with Crippen molar-refractivity contribution in [2.75, 3.05) is 20.6 Å². The molecule has 0 amide bonds. The minimum atomic E-state index is -0.789. The first kappa shape index (κ1) is 11.6. The lowest BCUT2D eigenvalue weighted by Crippen LogP contribution is -2.20. The van der Waals surface area contributed by atoms with E-state index in [1.165, 1.54) is 0 Å². The van der Waals surface area contributed by atoms with Crippen LogP contribution in [-0.4, -0.2) is 30.6 Å². The van der Waals surface area contributed by atoms with Crippen molar-refractivity contribution >= 4 is 15.9 Å². The van der Waals surface area contributed by atoms with Crippen molar-refractivity contribution in [2.45, 2.75) is 6.10 Å². The van der Waals surface area contributed by atoms with Crippen LogP contribution in [-0.2, 0) is 0 Å². The van der Waals surface area contributed by atoms with Gasteiger partial charge in [-0.3, -0.25) is 0 Å². The molecule has 1 aromatic carbocycles. The maximum Gasteiger partial charge on any atom is 0.143 e. The molecule has 1 N–H and O–H groups in total. The van der Waals surface area contributed by atoms with Gasteiger partial charge in [0.1, 0.15) is 5.82 Å². The summed E-state index contributed by atoms with van der Waals surface area (Å²) in [5.74, 6) is -0.387. The summed E-state index contributed by atoms with van der Waals surface area (Å²) in [6.45, 7) is 0.410. The van der Waals surface area contributed by atoms with Gasteiger partial charge in [-0.25, -0.2) is 4.39 Å². The third-order valence-corrected chi connectivity index (χ3v) is 2.49. The standard InChI is InChI=1S/C10H13BrFNO/c1-13(2)6-9(14)7-4-3-5-8(11)10(7)12/h3-5,9,14H,6H2,1-2H3. The summed E-state index contributed by atoms with van der Waals surface area (Å²) in [4.78, 5) is 1.81. The van der Waals surface area contributed by atoms with Crippen LogP contribution >= 0.6 is 15.9 Å². The van der Waals surface area contributed by atoms with E-state index < -0.39 is 6.10 Å². The van der Waals surface area contributed by atoms with Gasteiger partial charge in [-0.05, 0) is 36.1 Å².